The quantitative estimate of drug-likeness (QED) is 0.181. The molecule has 6 rings (SSSR count). The van der Waals surface area contributed by atoms with Crippen LogP contribution in [-0.4, -0.2) is 0 Å². The Balaban J connectivity index is 1.11. The van der Waals surface area contributed by atoms with E-state index in [2.05, 4.69) is 86.6 Å². The van der Waals surface area contributed by atoms with Crippen LogP contribution in [0.3, 0.4) is 0 Å². The molecule has 0 aliphatic heterocycles. The van der Waals surface area contributed by atoms with Gasteiger partial charge in [0.15, 0.2) is 0 Å². The molecule has 0 bridgehead atoms. The number of hydrogen-bond acceptors (Lipinski definition) is 4. The molecule has 0 aliphatic carbocycles. The summed E-state index contributed by atoms with van der Waals surface area (Å²) in [6.45, 7) is 4.54. The predicted molar refractivity (Wildman–Crippen MR) is 178 cm³/mol. The summed E-state index contributed by atoms with van der Waals surface area (Å²) < 4.78 is 11.9. The lowest BCUT2D eigenvalue weighted by Crippen LogP contribution is -2.18. The molecule has 0 aliphatic rings. The average molecular weight is 563 g/mol. The van der Waals surface area contributed by atoms with E-state index >= 15 is 0 Å². The van der Waals surface area contributed by atoms with Crippen molar-refractivity contribution < 1.29 is 9.47 Å². The molecule has 0 fully saturated rings. The van der Waals surface area contributed by atoms with Crippen LogP contribution in [0.2, 0.25) is 0 Å². The molecule has 43 heavy (non-hydrogen) atoms. The molecule has 0 amide bonds. The molecule has 6 aromatic rings. The van der Waals surface area contributed by atoms with E-state index in [0.717, 1.165) is 56.6 Å². The van der Waals surface area contributed by atoms with Gasteiger partial charge in [-0.25, -0.2) is 0 Å². The van der Waals surface area contributed by atoms with Gasteiger partial charge in [-0.1, -0.05) is 86.6 Å². The van der Waals surface area contributed by atoms with Crippen LogP contribution in [0.5, 0.6) is 23.0 Å². The minimum absolute atomic E-state index is 0.148. The second-order valence-electron chi connectivity index (χ2n) is 11.2. The van der Waals surface area contributed by atoms with Crippen LogP contribution in [0.15, 0.2) is 146 Å². The molecule has 6 aromatic carbocycles. The van der Waals surface area contributed by atoms with Crippen molar-refractivity contribution in [3.05, 3.63) is 157 Å². The molecular formula is C39H34N2O2. The molecule has 0 saturated heterocycles. The van der Waals surface area contributed by atoms with Crippen LogP contribution in [0.1, 0.15) is 25.0 Å². The zero-order chi connectivity index (χ0) is 29.8. The molecule has 4 nitrogen and oxygen atoms in total. The van der Waals surface area contributed by atoms with Crippen LogP contribution >= 0.6 is 0 Å². The zero-order valence-corrected chi connectivity index (χ0v) is 24.3. The monoisotopic (exact) mass is 562 g/mol. The first kappa shape index (κ1) is 27.7. The Morgan fingerprint density at radius 1 is 0.349 bits per heavy atom. The van der Waals surface area contributed by atoms with E-state index in [4.69, 9.17) is 20.9 Å². The van der Waals surface area contributed by atoms with Crippen molar-refractivity contribution in [1.29, 1.82) is 0 Å². The third-order valence-electron chi connectivity index (χ3n) is 7.82. The van der Waals surface area contributed by atoms with Crippen molar-refractivity contribution in [2.75, 3.05) is 11.5 Å². The highest BCUT2D eigenvalue weighted by atomic mass is 16.5. The van der Waals surface area contributed by atoms with Gasteiger partial charge < -0.3 is 20.9 Å². The van der Waals surface area contributed by atoms with Crippen molar-refractivity contribution in [2.45, 2.75) is 19.3 Å². The molecular weight excluding hydrogens is 528 g/mol. The van der Waals surface area contributed by atoms with Crippen molar-refractivity contribution in [2.24, 2.45) is 0 Å². The number of benzene rings is 6. The van der Waals surface area contributed by atoms with E-state index in [0.29, 0.717) is 0 Å². The maximum atomic E-state index is 5.94. The number of nitrogens with two attached hydrogens (primary N) is 2. The summed E-state index contributed by atoms with van der Waals surface area (Å²) in [5.41, 5.74) is 20.0. The second-order valence-corrected chi connectivity index (χ2v) is 11.2. The number of hydrogen-bond donors (Lipinski definition) is 2. The Morgan fingerprint density at radius 2 is 0.581 bits per heavy atom. The van der Waals surface area contributed by atoms with Crippen molar-refractivity contribution in [3.8, 4) is 45.3 Å². The van der Waals surface area contributed by atoms with E-state index in [1.54, 1.807) is 0 Å². The third kappa shape index (κ3) is 6.39. The number of rotatable bonds is 8. The fraction of sp³-hybridized carbons (Fsp3) is 0.0769. The highest BCUT2D eigenvalue weighted by Crippen LogP contribution is 2.35. The van der Waals surface area contributed by atoms with Gasteiger partial charge in [0.05, 0.1) is 0 Å². The van der Waals surface area contributed by atoms with Gasteiger partial charge in [0.1, 0.15) is 23.0 Å². The van der Waals surface area contributed by atoms with E-state index in [9.17, 15) is 0 Å². The van der Waals surface area contributed by atoms with Gasteiger partial charge in [0, 0.05) is 16.8 Å². The summed E-state index contributed by atoms with van der Waals surface area (Å²) in [5.74, 6) is 3.10. The van der Waals surface area contributed by atoms with Crippen LogP contribution < -0.4 is 20.9 Å². The van der Waals surface area contributed by atoms with Gasteiger partial charge in [-0.05, 0) is 106 Å². The minimum atomic E-state index is -0.148. The summed E-state index contributed by atoms with van der Waals surface area (Å²) in [4.78, 5) is 0. The average Bonchev–Trinajstić information content (AvgIpc) is 3.04. The lowest BCUT2D eigenvalue weighted by molar-refractivity contribution is 0.482. The fourth-order valence-corrected chi connectivity index (χ4v) is 5.10. The van der Waals surface area contributed by atoms with E-state index in [-0.39, 0.29) is 5.41 Å². The van der Waals surface area contributed by atoms with E-state index in [1.165, 1.54) is 11.1 Å². The lowest BCUT2D eigenvalue weighted by atomic mass is 9.77. The maximum absolute atomic E-state index is 5.94. The smallest absolute Gasteiger partial charge is 0.127 e. The number of nitrogen functional groups attached to an aromatic ring is 2. The minimum Gasteiger partial charge on any atom is -0.457 e. The van der Waals surface area contributed by atoms with Crippen LogP contribution in [0, 0.1) is 0 Å². The Labute approximate surface area is 253 Å². The Bertz CT molecular complexity index is 1650. The van der Waals surface area contributed by atoms with Crippen molar-refractivity contribution >= 4 is 11.4 Å². The van der Waals surface area contributed by atoms with Gasteiger partial charge in [0.25, 0.3) is 0 Å². The van der Waals surface area contributed by atoms with Gasteiger partial charge in [0.2, 0.25) is 0 Å². The van der Waals surface area contributed by atoms with E-state index < -0.39 is 0 Å². The van der Waals surface area contributed by atoms with Crippen LogP contribution in [0.25, 0.3) is 22.3 Å². The molecule has 4 N–H and O–H groups in total. The molecule has 0 unspecified atom stereocenters. The topological polar surface area (TPSA) is 70.5 Å². The summed E-state index contributed by atoms with van der Waals surface area (Å²) in [5, 5.41) is 0. The molecule has 0 atom stereocenters. The molecule has 4 heteroatoms. The van der Waals surface area contributed by atoms with Crippen LogP contribution in [0.4, 0.5) is 11.4 Å². The standard InChI is InChI=1S/C39H34N2O2/c1-39(2,31-11-3-27(4-12-31)29-7-19-35(20-8-29)42-37-23-15-33(40)16-24-37)32-13-5-28(6-14-32)30-9-21-36(22-10-30)43-38-25-17-34(41)18-26-38/h3-26H,40-41H2,1-2H3. The first-order chi connectivity index (χ1) is 20.8. The molecule has 0 spiro atoms. The van der Waals surface area contributed by atoms with Crippen molar-refractivity contribution in [1.82, 2.24) is 0 Å². The summed E-state index contributed by atoms with van der Waals surface area (Å²) in [6.07, 6.45) is 0. The molecule has 0 heterocycles. The second kappa shape index (κ2) is 11.8. The number of ether oxygens (including phenoxy) is 2. The fourth-order valence-electron chi connectivity index (χ4n) is 5.10. The molecule has 212 valence electrons. The zero-order valence-electron chi connectivity index (χ0n) is 24.3. The Morgan fingerprint density at radius 3 is 0.860 bits per heavy atom. The summed E-state index contributed by atoms with van der Waals surface area (Å²) in [7, 11) is 0. The largest absolute Gasteiger partial charge is 0.457 e. The predicted octanol–water partition coefficient (Wildman–Crippen LogP) is 10.1. The highest BCUT2D eigenvalue weighted by molar-refractivity contribution is 5.67. The van der Waals surface area contributed by atoms with E-state index in [1.807, 2.05) is 72.8 Å². The van der Waals surface area contributed by atoms with Gasteiger partial charge >= 0.3 is 0 Å². The first-order valence-corrected chi connectivity index (χ1v) is 14.3. The lowest BCUT2D eigenvalue weighted by Gasteiger charge is -2.26. The number of anilines is 2. The third-order valence-corrected chi connectivity index (χ3v) is 7.82. The van der Waals surface area contributed by atoms with Gasteiger partial charge in [-0.2, -0.15) is 0 Å². The molecule has 0 aromatic heterocycles. The van der Waals surface area contributed by atoms with Crippen LogP contribution in [-0.2, 0) is 5.41 Å². The summed E-state index contributed by atoms with van der Waals surface area (Å²) >= 11 is 0. The van der Waals surface area contributed by atoms with Gasteiger partial charge in [-0.3, -0.25) is 0 Å². The molecule has 0 saturated carbocycles. The summed E-state index contributed by atoms with van der Waals surface area (Å²) in [6, 6.07) is 48.8. The highest BCUT2D eigenvalue weighted by Gasteiger charge is 2.23. The molecule has 0 radical (unpaired) electrons. The Kier molecular flexibility index (Phi) is 7.59. The first-order valence-electron chi connectivity index (χ1n) is 14.3. The van der Waals surface area contributed by atoms with Gasteiger partial charge in [-0.15, -0.1) is 0 Å². The maximum Gasteiger partial charge on any atom is 0.127 e. The van der Waals surface area contributed by atoms with Crippen molar-refractivity contribution in [3.63, 3.8) is 0 Å². The SMILES string of the molecule is CC(C)(c1ccc(-c2ccc(Oc3ccc(N)cc3)cc2)cc1)c1ccc(-c2ccc(Oc3ccc(N)cc3)cc2)cc1. The normalized spacial score (nSPS) is 11.2. The Hall–Kier alpha value is -5.48.